The fourth-order valence-electron chi connectivity index (χ4n) is 1.18. The minimum atomic E-state index is -0.724. The Morgan fingerprint density at radius 1 is 1.44 bits per heavy atom. The molecule has 0 aliphatic rings. The summed E-state index contributed by atoms with van der Waals surface area (Å²) in [6.45, 7) is 0. The van der Waals surface area contributed by atoms with Crippen molar-refractivity contribution in [2.24, 2.45) is 10.8 Å². The van der Waals surface area contributed by atoms with Crippen molar-refractivity contribution in [1.29, 1.82) is 0 Å². The Morgan fingerprint density at radius 3 is 2.75 bits per heavy atom. The normalized spacial score (nSPS) is 10.1. The van der Waals surface area contributed by atoms with Gasteiger partial charge in [0.1, 0.15) is 0 Å². The summed E-state index contributed by atoms with van der Waals surface area (Å²) >= 11 is 0. The number of amides is 2. The maximum absolute atomic E-state index is 10.4. The van der Waals surface area contributed by atoms with Crippen molar-refractivity contribution in [3.05, 3.63) is 23.8 Å². The quantitative estimate of drug-likeness (QED) is 0.582. The highest BCUT2D eigenvalue weighted by atomic mass is 16.5. The minimum Gasteiger partial charge on any atom is -0.493 e. The zero-order chi connectivity index (χ0) is 12.0. The summed E-state index contributed by atoms with van der Waals surface area (Å²) in [4.78, 5) is 10.4. The average molecular weight is 223 g/mol. The number of carbonyl (C=O) groups is 1. The summed E-state index contributed by atoms with van der Waals surface area (Å²) in [5, 5.41) is 3.64. The number of methoxy groups -OCH3 is 2. The third-order valence-electron chi connectivity index (χ3n) is 1.81. The number of rotatable bonds is 4. The molecule has 6 nitrogen and oxygen atoms in total. The second-order valence-corrected chi connectivity index (χ2v) is 2.82. The number of nitrogens with one attached hydrogen (secondary N) is 1. The molecule has 1 rings (SSSR count). The number of hydrazone groups is 1. The van der Waals surface area contributed by atoms with Crippen molar-refractivity contribution < 1.29 is 14.3 Å². The molecule has 0 aliphatic heterocycles. The van der Waals surface area contributed by atoms with Gasteiger partial charge in [0, 0.05) is 5.56 Å². The predicted molar refractivity (Wildman–Crippen MR) is 59.9 cm³/mol. The maximum Gasteiger partial charge on any atom is 0.332 e. The Kier molecular flexibility index (Phi) is 4.14. The largest absolute Gasteiger partial charge is 0.493 e. The van der Waals surface area contributed by atoms with E-state index in [1.54, 1.807) is 25.3 Å². The maximum atomic E-state index is 10.4. The smallest absolute Gasteiger partial charge is 0.332 e. The fourth-order valence-corrected chi connectivity index (χ4v) is 1.18. The van der Waals surface area contributed by atoms with E-state index in [1.807, 2.05) is 0 Å². The lowest BCUT2D eigenvalue weighted by molar-refractivity contribution is 0.249. The Hall–Kier alpha value is -2.24. The number of hydrogen-bond donors (Lipinski definition) is 2. The molecule has 0 atom stereocenters. The molecule has 16 heavy (non-hydrogen) atoms. The first-order valence-corrected chi connectivity index (χ1v) is 4.48. The molecule has 0 saturated carbocycles. The molecule has 1 aromatic rings. The first kappa shape index (κ1) is 11.8. The summed E-state index contributed by atoms with van der Waals surface area (Å²) in [6.07, 6.45) is 1.42. The number of ether oxygens (including phenoxy) is 2. The second-order valence-electron chi connectivity index (χ2n) is 2.82. The number of urea groups is 1. The van der Waals surface area contributed by atoms with Crippen LogP contribution in [0.2, 0.25) is 0 Å². The third kappa shape index (κ3) is 2.88. The zero-order valence-electron chi connectivity index (χ0n) is 9.06. The second kappa shape index (κ2) is 5.59. The lowest BCUT2D eigenvalue weighted by Gasteiger charge is -2.09. The fraction of sp³-hybridized carbons (Fsp3) is 0.200. The van der Waals surface area contributed by atoms with Crippen LogP contribution in [0, 0.1) is 0 Å². The van der Waals surface area contributed by atoms with E-state index in [1.165, 1.54) is 13.3 Å². The topological polar surface area (TPSA) is 85.9 Å². The molecule has 0 aromatic heterocycles. The average Bonchev–Trinajstić information content (AvgIpc) is 2.28. The highest BCUT2D eigenvalue weighted by molar-refractivity contribution is 5.86. The van der Waals surface area contributed by atoms with E-state index in [-0.39, 0.29) is 0 Å². The van der Waals surface area contributed by atoms with Crippen molar-refractivity contribution in [3.63, 3.8) is 0 Å². The van der Waals surface area contributed by atoms with Gasteiger partial charge in [-0.25, -0.2) is 10.2 Å². The summed E-state index contributed by atoms with van der Waals surface area (Å²) < 4.78 is 10.3. The van der Waals surface area contributed by atoms with Gasteiger partial charge in [-0.2, -0.15) is 5.10 Å². The number of carbonyl (C=O) groups excluding carboxylic acids is 1. The molecule has 0 saturated heterocycles. The van der Waals surface area contributed by atoms with Crippen LogP contribution in [0.25, 0.3) is 0 Å². The van der Waals surface area contributed by atoms with Gasteiger partial charge in [-0.1, -0.05) is 6.07 Å². The van der Waals surface area contributed by atoms with Crippen molar-refractivity contribution in [3.8, 4) is 11.5 Å². The van der Waals surface area contributed by atoms with Crippen molar-refractivity contribution in [1.82, 2.24) is 5.43 Å². The number of nitrogens with zero attached hydrogens (tertiary/aromatic N) is 1. The van der Waals surface area contributed by atoms with Crippen molar-refractivity contribution in [2.75, 3.05) is 14.2 Å². The molecule has 0 fully saturated rings. The lowest BCUT2D eigenvalue weighted by atomic mass is 10.2. The SMILES string of the molecule is COc1cccc(/C=N/NC(N)=O)c1OC. The lowest BCUT2D eigenvalue weighted by Crippen LogP contribution is -2.24. The molecule has 86 valence electrons. The van der Waals surface area contributed by atoms with Crippen LogP contribution in [0.5, 0.6) is 11.5 Å². The molecule has 0 spiro atoms. The van der Waals surface area contributed by atoms with E-state index in [2.05, 4.69) is 10.5 Å². The highest BCUT2D eigenvalue weighted by Gasteiger charge is 2.06. The van der Waals surface area contributed by atoms with Gasteiger partial charge in [-0.05, 0) is 12.1 Å². The van der Waals surface area contributed by atoms with Crippen LogP contribution in [0.4, 0.5) is 4.79 Å². The van der Waals surface area contributed by atoms with E-state index in [4.69, 9.17) is 15.2 Å². The van der Waals surface area contributed by atoms with Gasteiger partial charge < -0.3 is 15.2 Å². The highest BCUT2D eigenvalue weighted by Crippen LogP contribution is 2.29. The van der Waals surface area contributed by atoms with E-state index < -0.39 is 6.03 Å². The van der Waals surface area contributed by atoms with Crippen molar-refractivity contribution >= 4 is 12.2 Å². The van der Waals surface area contributed by atoms with Crippen LogP contribution in [0.3, 0.4) is 0 Å². The molecule has 0 radical (unpaired) electrons. The number of benzene rings is 1. The number of para-hydroxylation sites is 1. The number of hydrogen-bond acceptors (Lipinski definition) is 4. The zero-order valence-corrected chi connectivity index (χ0v) is 9.06. The van der Waals surface area contributed by atoms with Gasteiger partial charge in [-0.15, -0.1) is 0 Å². The Labute approximate surface area is 93.0 Å². The van der Waals surface area contributed by atoms with Crippen LogP contribution >= 0.6 is 0 Å². The van der Waals surface area contributed by atoms with Gasteiger partial charge >= 0.3 is 6.03 Å². The molecule has 2 amide bonds. The number of primary amides is 1. The van der Waals surface area contributed by atoms with E-state index in [0.717, 1.165) is 0 Å². The van der Waals surface area contributed by atoms with Crippen LogP contribution in [0.1, 0.15) is 5.56 Å². The van der Waals surface area contributed by atoms with Crippen LogP contribution in [-0.2, 0) is 0 Å². The van der Waals surface area contributed by atoms with E-state index >= 15 is 0 Å². The molecule has 0 bridgehead atoms. The van der Waals surface area contributed by atoms with Crippen molar-refractivity contribution in [2.45, 2.75) is 0 Å². The molecular weight excluding hydrogens is 210 g/mol. The first-order valence-electron chi connectivity index (χ1n) is 4.48. The summed E-state index contributed by atoms with van der Waals surface area (Å²) in [7, 11) is 3.07. The van der Waals surface area contributed by atoms with Gasteiger partial charge in [0.15, 0.2) is 11.5 Å². The first-order chi connectivity index (χ1) is 7.69. The molecule has 0 heterocycles. The van der Waals surface area contributed by atoms with Crippen LogP contribution < -0.4 is 20.6 Å². The van der Waals surface area contributed by atoms with E-state index in [0.29, 0.717) is 17.1 Å². The Morgan fingerprint density at radius 2 is 2.19 bits per heavy atom. The van der Waals surface area contributed by atoms with Crippen LogP contribution in [-0.4, -0.2) is 26.5 Å². The number of nitrogens with two attached hydrogens (primary N) is 1. The minimum absolute atomic E-state index is 0.542. The predicted octanol–water partition coefficient (Wildman–Crippen LogP) is 0.706. The molecule has 0 unspecified atom stereocenters. The van der Waals surface area contributed by atoms with Gasteiger partial charge in [-0.3, -0.25) is 0 Å². The third-order valence-corrected chi connectivity index (χ3v) is 1.81. The van der Waals surface area contributed by atoms with Gasteiger partial charge in [0.25, 0.3) is 0 Å². The Bertz CT molecular complexity index is 404. The molecular formula is C10H13N3O3. The molecule has 0 aliphatic carbocycles. The monoisotopic (exact) mass is 223 g/mol. The van der Waals surface area contributed by atoms with E-state index in [9.17, 15) is 4.79 Å². The van der Waals surface area contributed by atoms with Crippen LogP contribution in [0.15, 0.2) is 23.3 Å². The molecule has 1 aromatic carbocycles. The van der Waals surface area contributed by atoms with Gasteiger partial charge in [0.05, 0.1) is 20.4 Å². The summed E-state index contributed by atoms with van der Waals surface area (Å²) in [5.41, 5.74) is 7.63. The summed E-state index contributed by atoms with van der Waals surface area (Å²) in [6, 6.07) is 4.59. The molecule has 3 N–H and O–H groups in total. The Balaban J connectivity index is 2.94. The molecule has 6 heteroatoms. The van der Waals surface area contributed by atoms with Gasteiger partial charge in [0.2, 0.25) is 0 Å². The summed E-state index contributed by atoms with van der Waals surface area (Å²) in [5.74, 6) is 1.13. The standard InChI is InChI=1S/C10H13N3O3/c1-15-8-5-3-4-7(9(8)16-2)6-12-13-10(11)14/h3-6H,1-2H3,(H3,11,13,14)/b12-6+.